The maximum Gasteiger partial charge on any atom is 0.0465 e. The highest BCUT2D eigenvalue weighted by Crippen LogP contribution is 2.46. The van der Waals surface area contributed by atoms with Crippen molar-refractivity contribution in [2.45, 2.75) is 76.7 Å². The van der Waals surface area contributed by atoms with E-state index in [4.69, 9.17) is 10.5 Å². The quantitative estimate of drug-likeness (QED) is 0.813. The first-order valence-corrected chi connectivity index (χ1v) is 8.46. The standard InChI is InChI=1S/C17H33NO/c1-14(11-13-19-2)17(18)12-7-6-10-16(17)15-8-4-3-5-9-15/h14-16H,3-13,18H2,1-2H3. The molecular weight excluding hydrogens is 234 g/mol. The molecule has 2 aliphatic carbocycles. The zero-order valence-electron chi connectivity index (χ0n) is 13.0. The van der Waals surface area contributed by atoms with Gasteiger partial charge in [0.1, 0.15) is 0 Å². The lowest BCUT2D eigenvalue weighted by molar-refractivity contribution is 0.0457. The van der Waals surface area contributed by atoms with Crippen LogP contribution in [0.5, 0.6) is 0 Å². The van der Waals surface area contributed by atoms with Crippen molar-refractivity contribution in [3.8, 4) is 0 Å². The van der Waals surface area contributed by atoms with Gasteiger partial charge in [0.2, 0.25) is 0 Å². The molecule has 3 unspecified atom stereocenters. The highest BCUT2D eigenvalue weighted by atomic mass is 16.5. The zero-order valence-corrected chi connectivity index (χ0v) is 13.0. The van der Waals surface area contributed by atoms with Gasteiger partial charge >= 0.3 is 0 Å². The van der Waals surface area contributed by atoms with E-state index in [-0.39, 0.29) is 5.54 Å². The maximum atomic E-state index is 6.96. The SMILES string of the molecule is COCCC(C)C1(N)CCCCC1C1CCCCC1. The first-order chi connectivity index (χ1) is 9.18. The second kappa shape index (κ2) is 7.08. The second-order valence-electron chi connectivity index (χ2n) is 7.05. The smallest absolute Gasteiger partial charge is 0.0465 e. The Morgan fingerprint density at radius 2 is 1.79 bits per heavy atom. The van der Waals surface area contributed by atoms with Crippen LogP contribution in [0, 0.1) is 17.8 Å². The van der Waals surface area contributed by atoms with Crippen molar-refractivity contribution in [2.24, 2.45) is 23.5 Å². The van der Waals surface area contributed by atoms with E-state index in [0.29, 0.717) is 5.92 Å². The van der Waals surface area contributed by atoms with Gasteiger partial charge in [-0.25, -0.2) is 0 Å². The maximum absolute atomic E-state index is 6.96. The Bertz CT molecular complexity index is 262. The van der Waals surface area contributed by atoms with E-state index in [9.17, 15) is 0 Å². The van der Waals surface area contributed by atoms with Crippen LogP contribution in [0.3, 0.4) is 0 Å². The number of hydrogen-bond donors (Lipinski definition) is 1. The van der Waals surface area contributed by atoms with Gasteiger partial charge in [0, 0.05) is 19.3 Å². The van der Waals surface area contributed by atoms with E-state index in [1.165, 1.54) is 57.8 Å². The van der Waals surface area contributed by atoms with Gasteiger partial charge in [-0.3, -0.25) is 0 Å². The lowest BCUT2D eigenvalue weighted by Gasteiger charge is -2.50. The van der Waals surface area contributed by atoms with Crippen LogP contribution in [-0.2, 0) is 4.74 Å². The lowest BCUT2D eigenvalue weighted by Crippen LogP contribution is -2.56. The monoisotopic (exact) mass is 267 g/mol. The van der Waals surface area contributed by atoms with Crippen molar-refractivity contribution in [1.82, 2.24) is 0 Å². The Kier molecular flexibility index (Phi) is 5.70. The Morgan fingerprint density at radius 1 is 1.11 bits per heavy atom. The molecule has 0 saturated heterocycles. The van der Waals surface area contributed by atoms with Crippen LogP contribution in [0.2, 0.25) is 0 Å². The van der Waals surface area contributed by atoms with Gasteiger partial charge in [-0.05, 0) is 37.0 Å². The normalized spacial score (nSPS) is 35.2. The average molecular weight is 267 g/mol. The molecule has 2 rings (SSSR count). The van der Waals surface area contributed by atoms with Gasteiger partial charge in [0.25, 0.3) is 0 Å². The topological polar surface area (TPSA) is 35.2 Å². The fourth-order valence-corrected chi connectivity index (χ4v) is 4.64. The summed E-state index contributed by atoms with van der Waals surface area (Å²) in [6, 6.07) is 0. The molecule has 0 bridgehead atoms. The fraction of sp³-hybridized carbons (Fsp3) is 1.00. The molecule has 0 heterocycles. The Labute approximate surface area is 119 Å². The summed E-state index contributed by atoms with van der Waals surface area (Å²) in [4.78, 5) is 0. The molecule has 0 aromatic carbocycles. The summed E-state index contributed by atoms with van der Waals surface area (Å²) in [7, 11) is 1.80. The van der Waals surface area contributed by atoms with E-state index < -0.39 is 0 Å². The molecule has 19 heavy (non-hydrogen) atoms. The molecule has 0 radical (unpaired) electrons. The minimum Gasteiger partial charge on any atom is -0.385 e. The summed E-state index contributed by atoms with van der Waals surface area (Å²) < 4.78 is 5.27. The van der Waals surface area contributed by atoms with Crippen molar-refractivity contribution in [1.29, 1.82) is 0 Å². The largest absolute Gasteiger partial charge is 0.385 e. The molecule has 2 aliphatic rings. The van der Waals surface area contributed by atoms with Gasteiger partial charge in [0.15, 0.2) is 0 Å². The molecule has 0 aromatic rings. The summed E-state index contributed by atoms with van der Waals surface area (Å²) in [5, 5.41) is 0. The van der Waals surface area contributed by atoms with Gasteiger partial charge in [0.05, 0.1) is 0 Å². The van der Waals surface area contributed by atoms with Gasteiger partial charge < -0.3 is 10.5 Å². The zero-order chi connectivity index (χ0) is 13.7. The predicted octanol–water partition coefficient (Wildman–Crippen LogP) is 4.13. The van der Waals surface area contributed by atoms with Crippen LogP contribution in [0.4, 0.5) is 0 Å². The Balaban J connectivity index is 2.04. The Hall–Kier alpha value is -0.0800. The fourth-order valence-electron chi connectivity index (χ4n) is 4.64. The van der Waals surface area contributed by atoms with Crippen LogP contribution in [0.1, 0.15) is 71.1 Å². The van der Waals surface area contributed by atoms with Crippen LogP contribution in [0.25, 0.3) is 0 Å². The van der Waals surface area contributed by atoms with Crippen molar-refractivity contribution < 1.29 is 4.74 Å². The molecule has 112 valence electrons. The van der Waals surface area contributed by atoms with E-state index in [1.807, 2.05) is 0 Å². The summed E-state index contributed by atoms with van der Waals surface area (Å²) >= 11 is 0. The summed E-state index contributed by atoms with van der Waals surface area (Å²) in [5.41, 5.74) is 7.05. The van der Waals surface area contributed by atoms with E-state index >= 15 is 0 Å². The van der Waals surface area contributed by atoms with E-state index in [1.54, 1.807) is 7.11 Å². The number of ether oxygens (including phenoxy) is 1. The first-order valence-electron chi connectivity index (χ1n) is 8.46. The van der Waals surface area contributed by atoms with Crippen LogP contribution < -0.4 is 5.73 Å². The molecule has 2 heteroatoms. The third-order valence-corrected chi connectivity index (χ3v) is 5.96. The Morgan fingerprint density at radius 3 is 2.47 bits per heavy atom. The second-order valence-corrected chi connectivity index (χ2v) is 7.05. The van der Waals surface area contributed by atoms with E-state index in [2.05, 4.69) is 6.92 Å². The number of rotatable bonds is 5. The summed E-state index contributed by atoms with van der Waals surface area (Å²) in [5.74, 6) is 2.28. The minimum atomic E-state index is 0.0821. The third-order valence-electron chi connectivity index (χ3n) is 5.96. The van der Waals surface area contributed by atoms with Crippen molar-refractivity contribution in [2.75, 3.05) is 13.7 Å². The van der Waals surface area contributed by atoms with Crippen LogP contribution >= 0.6 is 0 Å². The molecule has 2 saturated carbocycles. The molecule has 0 aliphatic heterocycles. The number of hydrogen-bond acceptors (Lipinski definition) is 2. The molecule has 0 spiro atoms. The third kappa shape index (κ3) is 3.52. The van der Waals surface area contributed by atoms with Crippen molar-refractivity contribution >= 4 is 0 Å². The van der Waals surface area contributed by atoms with Crippen molar-refractivity contribution in [3.05, 3.63) is 0 Å². The predicted molar refractivity (Wildman–Crippen MR) is 81.1 cm³/mol. The average Bonchev–Trinajstić information content (AvgIpc) is 2.46. The van der Waals surface area contributed by atoms with Gasteiger partial charge in [-0.15, -0.1) is 0 Å². The van der Waals surface area contributed by atoms with Crippen LogP contribution in [0.15, 0.2) is 0 Å². The summed E-state index contributed by atoms with van der Waals surface area (Å²) in [6.07, 6.45) is 13.6. The molecule has 2 nitrogen and oxygen atoms in total. The molecular formula is C17H33NO. The van der Waals surface area contributed by atoms with Gasteiger partial charge in [-0.2, -0.15) is 0 Å². The molecule has 2 fully saturated rings. The molecule has 0 aromatic heterocycles. The minimum absolute atomic E-state index is 0.0821. The van der Waals surface area contributed by atoms with Crippen LogP contribution in [-0.4, -0.2) is 19.3 Å². The lowest BCUT2D eigenvalue weighted by atomic mass is 9.59. The highest BCUT2D eigenvalue weighted by Gasteiger charge is 2.44. The highest BCUT2D eigenvalue weighted by molar-refractivity contribution is 5.00. The number of nitrogens with two attached hydrogens (primary N) is 1. The molecule has 3 atom stereocenters. The van der Waals surface area contributed by atoms with Crippen molar-refractivity contribution in [3.63, 3.8) is 0 Å². The molecule has 0 amide bonds. The first kappa shape index (κ1) is 15.3. The van der Waals surface area contributed by atoms with E-state index in [0.717, 1.165) is 24.9 Å². The summed E-state index contributed by atoms with van der Waals surface area (Å²) in [6.45, 7) is 3.22. The number of methoxy groups -OCH3 is 1. The molecule has 2 N–H and O–H groups in total. The van der Waals surface area contributed by atoms with Gasteiger partial charge in [-0.1, -0.05) is 51.9 Å².